The van der Waals surface area contributed by atoms with E-state index >= 15 is 0 Å². The molecule has 0 aromatic heterocycles. The number of amides is 1. The molecular weight excluding hydrogens is 959 g/mol. The van der Waals surface area contributed by atoms with E-state index in [1.807, 2.05) is 6.08 Å². The Balaban J connectivity index is 2.03. The summed E-state index contributed by atoms with van der Waals surface area (Å²) in [6, 6.07) is -0.802. The van der Waals surface area contributed by atoms with Crippen LogP contribution in [-0.2, 0) is 14.3 Å². The van der Waals surface area contributed by atoms with Crippen molar-refractivity contribution in [3.8, 4) is 0 Å². The molecule has 0 aliphatic carbocycles. The number of aliphatic hydroxyl groups excluding tert-OH is 5. The van der Waals surface area contributed by atoms with Gasteiger partial charge in [0, 0.05) is 6.42 Å². The zero-order chi connectivity index (χ0) is 55.8. The van der Waals surface area contributed by atoms with E-state index in [1.165, 1.54) is 270 Å². The molecule has 0 bridgehead atoms. The summed E-state index contributed by atoms with van der Waals surface area (Å²) in [5, 5.41) is 54.6. The zero-order valence-electron chi connectivity index (χ0n) is 50.7. The Morgan fingerprint density at radius 2 is 0.766 bits per heavy atom. The van der Waals surface area contributed by atoms with E-state index in [1.54, 1.807) is 6.08 Å². The third-order valence-corrected chi connectivity index (χ3v) is 16.2. The Bertz CT molecular complexity index is 1310. The molecular formula is C68H129NO8. The molecule has 454 valence electrons. The third kappa shape index (κ3) is 46.7. The first-order valence-electron chi connectivity index (χ1n) is 33.7. The van der Waals surface area contributed by atoms with Crippen molar-refractivity contribution >= 4 is 5.91 Å². The van der Waals surface area contributed by atoms with E-state index in [4.69, 9.17) is 9.47 Å². The predicted molar refractivity (Wildman–Crippen MR) is 327 cm³/mol. The fourth-order valence-electron chi connectivity index (χ4n) is 10.9. The summed E-state index contributed by atoms with van der Waals surface area (Å²) in [5.41, 5.74) is 0. The summed E-state index contributed by atoms with van der Waals surface area (Å²) in [4.78, 5) is 13.1. The van der Waals surface area contributed by atoms with E-state index in [9.17, 15) is 30.3 Å². The molecule has 9 heteroatoms. The number of hydrogen-bond acceptors (Lipinski definition) is 8. The van der Waals surface area contributed by atoms with Crippen LogP contribution < -0.4 is 5.32 Å². The first-order chi connectivity index (χ1) is 37.8. The van der Waals surface area contributed by atoms with Crippen LogP contribution >= 0.6 is 0 Å². The first kappa shape index (κ1) is 73.4. The lowest BCUT2D eigenvalue weighted by Gasteiger charge is -2.40. The molecule has 9 nitrogen and oxygen atoms in total. The van der Waals surface area contributed by atoms with Gasteiger partial charge in [0.25, 0.3) is 0 Å². The van der Waals surface area contributed by atoms with Crippen molar-refractivity contribution in [3.05, 3.63) is 36.5 Å². The number of carbonyl (C=O) groups excluding carboxylic acids is 1. The van der Waals surface area contributed by atoms with Crippen LogP contribution in [0.4, 0.5) is 0 Å². The predicted octanol–water partition coefficient (Wildman–Crippen LogP) is 17.9. The molecule has 0 aromatic carbocycles. The van der Waals surface area contributed by atoms with Crippen LogP contribution in [0.2, 0.25) is 0 Å². The minimum absolute atomic E-state index is 0.170. The maximum atomic E-state index is 13.1. The van der Waals surface area contributed by atoms with Gasteiger partial charge in [-0.05, 0) is 51.4 Å². The largest absolute Gasteiger partial charge is 0.394 e. The highest BCUT2D eigenvalue weighted by atomic mass is 16.7. The number of unbranched alkanes of at least 4 members (excludes halogenated alkanes) is 45. The Kier molecular flexibility index (Phi) is 55.0. The van der Waals surface area contributed by atoms with Gasteiger partial charge in [-0.25, -0.2) is 0 Å². The van der Waals surface area contributed by atoms with Gasteiger partial charge >= 0.3 is 0 Å². The van der Waals surface area contributed by atoms with Crippen molar-refractivity contribution in [1.82, 2.24) is 5.32 Å². The second-order valence-corrected chi connectivity index (χ2v) is 23.6. The van der Waals surface area contributed by atoms with Crippen molar-refractivity contribution in [2.75, 3.05) is 13.2 Å². The minimum Gasteiger partial charge on any atom is -0.394 e. The normalized spacial score (nSPS) is 18.9. The molecule has 1 fully saturated rings. The number of ether oxygens (including phenoxy) is 2. The molecule has 77 heavy (non-hydrogen) atoms. The maximum absolute atomic E-state index is 13.1. The van der Waals surface area contributed by atoms with Gasteiger partial charge in [-0.15, -0.1) is 0 Å². The molecule has 0 aromatic rings. The van der Waals surface area contributed by atoms with Crippen molar-refractivity contribution in [2.24, 2.45) is 0 Å². The second kappa shape index (κ2) is 57.6. The molecule has 1 heterocycles. The van der Waals surface area contributed by atoms with Crippen LogP contribution in [0.5, 0.6) is 0 Å². The average molecular weight is 1090 g/mol. The van der Waals surface area contributed by atoms with Crippen LogP contribution in [-0.4, -0.2) is 87.5 Å². The number of hydrogen-bond donors (Lipinski definition) is 6. The second-order valence-electron chi connectivity index (χ2n) is 23.6. The van der Waals surface area contributed by atoms with Gasteiger partial charge in [-0.3, -0.25) is 4.79 Å². The Labute approximate surface area is 476 Å². The summed E-state index contributed by atoms with van der Waals surface area (Å²) in [6.45, 7) is 3.80. The van der Waals surface area contributed by atoms with Gasteiger partial charge in [0.2, 0.25) is 5.91 Å². The average Bonchev–Trinajstić information content (AvgIpc) is 3.43. The van der Waals surface area contributed by atoms with E-state index in [0.717, 1.165) is 44.9 Å². The minimum atomic E-state index is -1.56. The number of allylic oxidation sites excluding steroid dienone is 5. The highest BCUT2D eigenvalue weighted by Crippen LogP contribution is 2.23. The Morgan fingerprint density at radius 3 is 1.12 bits per heavy atom. The summed E-state index contributed by atoms with van der Waals surface area (Å²) in [5.74, 6) is -0.170. The number of aliphatic hydroxyl groups is 5. The Hall–Kier alpha value is -1.59. The monoisotopic (exact) mass is 1090 g/mol. The highest BCUT2D eigenvalue weighted by Gasteiger charge is 2.44. The topological polar surface area (TPSA) is 149 Å². The van der Waals surface area contributed by atoms with Gasteiger partial charge < -0.3 is 40.3 Å². The number of rotatable bonds is 59. The smallest absolute Gasteiger partial charge is 0.220 e. The van der Waals surface area contributed by atoms with Gasteiger partial charge in [0.15, 0.2) is 6.29 Å². The third-order valence-electron chi connectivity index (χ3n) is 16.2. The molecule has 7 unspecified atom stereocenters. The SMILES string of the molecule is CCCCCCC/C=C\C/C=C\CCCCCCCCCCCCCCCCCCCCCCCCCCCCCC(=O)NC(COC1OC(CO)C(O)C(O)C1O)C(O)/C=C/CCCCCCCCCCCCCCC. The first-order valence-corrected chi connectivity index (χ1v) is 33.7. The van der Waals surface area contributed by atoms with Crippen LogP contribution in [0.25, 0.3) is 0 Å². The lowest BCUT2D eigenvalue weighted by Crippen LogP contribution is -2.60. The van der Waals surface area contributed by atoms with Crippen LogP contribution in [0, 0.1) is 0 Å². The fourth-order valence-corrected chi connectivity index (χ4v) is 10.9. The molecule has 1 aliphatic rings. The number of nitrogens with one attached hydrogen (secondary N) is 1. The molecule has 0 radical (unpaired) electrons. The van der Waals surface area contributed by atoms with Crippen molar-refractivity contribution in [3.63, 3.8) is 0 Å². The molecule has 6 N–H and O–H groups in total. The molecule has 7 atom stereocenters. The maximum Gasteiger partial charge on any atom is 0.220 e. The fraction of sp³-hybridized carbons (Fsp3) is 0.897. The van der Waals surface area contributed by atoms with E-state index in [0.29, 0.717) is 6.42 Å². The molecule has 1 aliphatic heterocycles. The summed E-state index contributed by atoms with van der Waals surface area (Å²) >= 11 is 0. The van der Waals surface area contributed by atoms with Crippen molar-refractivity contribution in [2.45, 2.75) is 378 Å². The molecule has 1 saturated heterocycles. The lowest BCUT2D eigenvalue weighted by atomic mass is 9.99. The van der Waals surface area contributed by atoms with E-state index < -0.39 is 49.5 Å². The summed E-state index contributed by atoms with van der Waals surface area (Å²) in [7, 11) is 0. The quantitative estimate of drug-likeness (QED) is 0.0261. The number of carbonyl (C=O) groups is 1. The standard InChI is InChI=1S/C68H129NO8/c1-3-5-7-9-11-13-15-17-19-20-21-22-23-24-25-26-27-28-29-30-31-32-33-34-35-36-37-38-39-40-41-42-44-46-48-50-52-54-56-58-64(72)69-61(60-76-68-67(75)66(74)65(73)63(59-70)77-68)62(71)57-55-53-51-49-47-45-43-18-16-14-12-10-8-6-4-2/h15,17,20-21,55,57,61-63,65-68,70-71,73-75H,3-14,16,18-19,22-54,56,58-60H2,1-2H3,(H,69,72)/b17-15-,21-20-,57-55+. The van der Waals surface area contributed by atoms with Crippen LogP contribution in [0.1, 0.15) is 335 Å². The van der Waals surface area contributed by atoms with Gasteiger partial charge in [0.05, 0.1) is 25.4 Å². The van der Waals surface area contributed by atoms with Crippen LogP contribution in [0.15, 0.2) is 36.5 Å². The molecule has 0 saturated carbocycles. The van der Waals surface area contributed by atoms with Crippen molar-refractivity contribution in [1.29, 1.82) is 0 Å². The lowest BCUT2D eigenvalue weighted by molar-refractivity contribution is -0.302. The van der Waals surface area contributed by atoms with Crippen molar-refractivity contribution < 1.29 is 39.8 Å². The molecule has 1 rings (SSSR count). The van der Waals surface area contributed by atoms with Gasteiger partial charge in [0.1, 0.15) is 24.4 Å². The zero-order valence-corrected chi connectivity index (χ0v) is 50.7. The Morgan fingerprint density at radius 1 is 0.442 bits per heavy atom. The summed E-state index contributed by atoms with van der Waals surface area (Å²) in [6.07, 6.45) is 69.7. The van der Waals surface area contributed by atoms with E-state index in [2.05, 4.69) is 43.5 Å². The summed E-state index contributed by atoms with van der Waals surface area (Å²) < 4.78 is 11.3. The van der Waals surface area contributed by atoms with E-state index in [-0.39, 0.29) is 12.5 Å². The highest BCUT2D eigenvalue weighted by molar-refractivity contribution is 5.76. The van der Waals surface area contributed by atoms with Gasteiger partial charge in [-0.1, -0.05) is 314 Å². The molecule has 0 spiro atoms. The molecule has 1 amide bonds. The van der Waals surface area contributed by atoms with Gasteiger partial charge in [-0.2, -0.15) is 0 Å². The van der Waals surface area contributed by atoms with Crippen LogP contribution in [0.3, 0.4) is 0 Å².